The third-order valence-corrected chi connectivity index (χ3v) is 9.18. The summed E-state index contributed by atoms with van der Waals surface area (Å²) in [7, 11) is 0. The molecule has 0 unspecified atom stereocenters. The number of hydrogen-bond donors (Lipinski definition) is 0. The summed E-state index contributed by atoms with van der Waals surface area (Å²) < 4.78 is 89.9. The van der Waals surface area contributed by atoms with Crippen LogP contribution in [-0.2, 0) is 0 Å². The van der Waals surface area contributed by atoms with Crippen molar-refractivity contribution in [1.29, 1.82) is 0 Å². The lowest BCUT2D eigenvalue weighted by molar-refractivity contribution is 1.06. The molecule has 3 heterocycles. The van der Waals surface area contributed by atoms with Crippen LogP contribution in [0.3, 0.4) is 0 Å². The Bertz CT molecular complexity index is 3380. The first-order valence-electron chi connectivity index (χ1n) is 21.3. The summed E-state index contributed by atoms with van der Waals surface area (Å²) in [6, 6.07) is 28.6. The molecule has 242 valence electrons. The molecule has 0 amide bonds. The van der Waals surface area contributed by atoms with E-state index >= 15 is 0 Å². The number of nitrogens with zero attached hydrogens (tertiary/aromatic N) is 6. The van der Waals surface area contributed by atoms with E-state index in [1.54, 1.807) is 6.07 Å². The van der Waals surface area contributed by atoms with Crippen molar-refractivity contribution in [3.8, 4) is 45.5 Å². The van der Waals surface area contributed by atoms with Gasteiger partial charge in [-0.1, -0.05) is 133 Å². The van der Waals surface area contributed by atoms with Gasteiger partial charge in [-0.05, 0) is 36.4 Å². The number of hydrogen-bond acceptors (Lipinski definition) is 3. The summed E-state index contributed by atoms with van der Waals surface area (Å²) in [4.78, 5) is 18.1. The van der Waals surface area contributed by atoms with Gasteiger partial charge in [0.15, 0.2) is 17.5 Å². The monoisotopic (exact) mass is 674 g/mol. The van der Waals surface area contributed by atoms with E-state index in [9.17, 15) is 0 Å². The second-order valence-corrected chi connectivity index (χ2v) is 12.0. The summed E-state index contributed by atoms with van der Waals surface area (Å²) in [6.45, 7) is 8.60. The zero-order chi connectivity index (χ0) is 43.3. The molecule has 0 radical (unpaired) electrons. The molecule has 0 atom stereocenters. The minimum absolute atomic E-state index is 0.154. The fourth-order valence-corrected chi connectivity index (χ4v) is 7.01. The van der Waals surface area contributed by atoms with Crippen molar-refractivity contribution in [3.63, 3.8) is 0 Å². The van der Waals surface area contributed by atoms with Crippen molar-refractivity contribution in [2.75, 3.05) is 0 Å². The van der Waals surface area contributed by atoms with E-state index in [0.29, 0.717) is 11.4 Å². The number of aromatic nitrogens is 5. The number of rotatable bonds is 5. The van der Waals surface area contributed by atoms with Crippen LogP contribution in [-0.4, -0.2) is 24.1 Å². The molecule has 3 aromatic heterocycles. The van der Waals surface area contributed by atoms with Crippen LogP contribution in [0.2, 0.25) is 0 Å². The van der Waals surface area contributed by atoms with Crippen LogP contribution >= 0.6 is 0 Å². The molecule has 0 aliphatic heterocycles. The molecule has 0 aliphatic carbocycles. The highest BCUT2D eigenvalue weighted by molar-refractivity contribution is 6.11. The predicted octanol–water partition coefficient (Wildman–Crippen LogP) is 11.6. The Morgan fingerprint density at radius 3 is 1.27 bits per heavy atom. The molecule has 6 heteroatoms. The maximum Gasteiger partial charge on any atom is 0.211 e. The molecule has 0 fully saturated rings. The van der Waals surface area contributed by atoms with Crippen LogP contribution in [0.5, 0.6) is 0 Å². The van der Waals surface area contributed by atoms with E-state index in [1.807, 2.05) is 112 Å². The van der Waals surface area contributed by atoms with Crippen molar-refractivity contribution in [2.45, 2.75) is 0 Å². The smallest absolute Gasteiger partial charge is 0.211 e. The minimum Gasteiger partial charge on any atom is -0.319 e. The van der Waals surface area contributed by atoms with Crippen molar-refractivity contribution < 1.29 is 13.7 Å². The number of fused-ring (bicyclic) bond motifs is 6. The van der Waals surface area contributed by atoms with Gasteiger partial charge in [-0.25, -0.2) is 19.8 Å². The first-order chi connectivity index (χ1) is 29.9. The Balaban J connectivity index is 1.39. The fourth-order valence-electron chi connectivity index (χ4n) is 7.01. The molecule has 0 aliphatic rings. The standard InChI is InChI=1S/C46H28N6/c1-47-37-28-36(46-49-44(30-16-4-2-5-17-30)48-45(50-46)31-18-6-3-7-19-31)42(51-38-24-12-8-20-32(38)33-21-9-13-25-39(33)51)29-43(37)52-40-26-14-10-22-34(40)35-23-11-15-27-41(35)52/h2-29H/i2D,3D,4D,5D,6D,7D,16D,17D,18D,19D. The third-order valence-electron chi connectivity index (χ3n) is 9.18. The minimum atomic E-state index is -0.649. The van der Waals surface area contributed by atoms with Crippen LogP contribution in [0.4, 0.5) is 5.69 Å². The number of para-hydroxylation sites is 4. The Kier molecular flexibility index (Phi) is 4.81. The summed E-state index contributed by atoms with van der Waals surface area (Å²) in [6.07, 6.45) is 0. The van der Waals surface area contributed by atoms with Gasteiger partial charge in [0.1, 0.15) is 0 Å². The first kappa shape index (κ1) is 21.0. The Morgan fingerprint density at radius 1 is 0.462 bits per heavy atom. The average Bonchev–Trinajstić information content (AvgIpc) is 3.81. The Labute approximate surface area is 313 Å². The lowest BCUT2D eigenvalue weighted by atomic mass is 10.1. The van der Waals surface area contributed by atoms with E-state index in [4.69, 9.17) is 30.2 Å². The highest BCUT2D eigenvalue weighted by Gasteiger charge is 2.23. The third kappa shape index (κ3) is 4.61. The Morgan fingerprint density at radius 2 is 0.846 bits per heavy atom. The van der Waals surface area contributed by atoms with Crippen LogP contribution in [0, 0.1) is 6.57 Å². The molecule has 10 aromatic rings. The van der Waals surface area contributed by atoms with Gasteiger partial charge in [0.05, 0.1) is 53.7 Å². The van der Waals surface area contributed by atoms with Crippen LogP contribution in [0.1, 0.15) is 13.7 Å². The van der Waals surface area contributed by atoms with Gasteiger partial charge in [-0.3, -0.25) is 0 Å². The quantitative estimate of drug-likeness (QED) is 0.171. The van der Waals surface area contributed by atoms with Gasteiger partial charge in [-0.2, -0.15) is 0 Å². The molecule has 0 saturated heterocycles. The second-order valence-electron chi connectivity index (χ2n) is 12.0. The van der Waals surface area contributed by atoms with Crippen molar-refractivity contribution in [1.82, 2.24) is 24.1 Å². The maximum absolute atomic E-state index is 8.87. The number of benzene rings is 7. The fraction of sp³-hybridized carbons (Fsp3) is 0. The van der Waals surface area contributed by atoms with Gasteiger partial charge in [0.2, 0.25) is 5.69 Å². The van der Waals surface area contributed by atoms with Gasteiger partial charge in [0, 0.05) is 38.2 Å². The van der Waals surface area contributed by atoms with E-state index < -0.39 is 72.1 Å². The van der Waals surface area contributed by atoms with E-state index in [-0.39, 0.29) is 28.2 Å². The van der Waals surface area contributed by atoms with E-state index in [1.165, 1.54) is 0 Å². The SMILES string of the molecule is [2H]c1c([2H])c([2H])c(-c2nc(-c3cc([N+]#[C-])c(-n4c5ccccc5c5ccccc54)cc3-n3c4ccccc4c4ccccc43)nc(-c3c([2H])c([2H])c([2H])c([2H])c3[2H])n2)c([2H])c1[2H]. The zero-order valence-corrected chi connectivity index (χ0v) is 27.1. The van der Waals surface area contributed by atoms with Crippen LogP contribution in [0.25, 0.3) is 94.0 Å². The summed E-state index contributed by atoms with van der Waals surface area (Å²) >= 11 is 0. The first-order valence-corrected chi connectivity index (χ1v) is 16.3. The molecule has 6 nitrogen and oxygen atoms in total. The van der Waals surface area contributed by atoms with Crippen LogP contribution < -0.4 is 0 Å². The van der Waals surface area contributed by atoms with Gasteiger partial charge >= 0.3 is 0 Å². The molecule has 0 spiro atoms. The van der Waals surface area contributed by atoms with Gasteiger partial charge < -0.3 is 9.13 Å². The molecule has 0 saturated carbocycles. The van der Waals surface area contributed by atoms with Crippen molar-refractivity contribution >= 4 is 49.3 Å². The highest BCUT2D eigenvalue weighted by atomic mass is 15.1. The van der Waals surface area contributed by atoms with Crippen molar-refractivity contribution in [3.05, 3.63) is 181 Å². The lowest BCUT2D eigenvalue weighted by Gasteiger charge is -2.19. The summed E-state index contributed by atoms with van der Waals surface area (Å²) in [5.74, 6) is -0.963. The summed E-state index contributed by atoms with van der Waals surface area (Å²) in [5.41, 5.74) is 3.97. The Hall–Kier alpha value is -7.36. The van der Waals surface area contributed by atoms with Gasteiger partial charge in [0.25, 0.3) is 0 Å². The van der Waals surface area contributed by atoms with Crippen molar-refractivity contribution in [2.24, 2.45) is 0 Å². The predicted molar refractivity (Wildman–Crippen MR) is 211 cm³/mol. The molecular formula is C46H28N6. The van der Waals surface area contributed by atoms with Crippen LogP contribution in [0.15, 0.2) is 170 Å². The lowest BCUT2D eigenvalue weighted by Crippen LogP contribution is -2.05. The maximum atomic E-state index is 8.87. The average molecular weight is 675 g/mol. The zero-order valence-electron chi connectivity index (χ0n) is 37.1. The largest absolute Gasteiger partial charge is 0.319 e. The highest BCUT2D eigenvalue weighted by Crippen LogP contribution is 2.42. The van der Waals surface area contributed by atoms with E-state index in [0.717, 1.165) is 43.6 Å². The normalized spacial score (nSPS) is 14.1. The molecule has 10 rings (SSSR count). The molecule has 52 heavy (non-hydrogen) atoms. The second kappa shape index (κ2) is 11.9. The summed E-state index contributed by atoms with van der Waals surface area (Å²) in [5, 5.41) is 3.81. The van der Waals surface area contributed by atoms with Gasteiger partial charge in [-0.15, -0.1) is 0 Å². The molecule has 7 aromatic carbocycles. The molecule has 0 N–H and O–H groups in total. The molecular weight excluding hydrogens is 637 g/mol. The topological polar surface area (TPSA) is 52.9 Å². The molecule has 0 bridgehead atoms. The van der Waals surface area contributed by atoms with E-state index in [2.05, 4.69) is 9.83 Å².